The highest BCUT2D eigenvalue weighted by Crippen LogP contribution is 2.39. The normalized spacial score (nSPS) is 26.2. The minimum atomic E-state index is -0.424. The molecule has 1 aliphatic heterocycles. The van der Waals surface area contributed by atoms with E-state index in [0.717, 1.165) is 19.4 Å². The number of methoxy groups -OCH3 is 1. The van der Waals surface area contributed by atoms with Crippen molar-refractivity contribution in [3.05, 3.63) is 0 Å². The minimum absolute atomic E-state index is 0.187. The van der Waals surface area contributed by atoms with Gasteiger partial charge in [-0.05, 0) is 52.4 Å². The second kappa shape index (κ2) is 5.08. The summed E-state index contributed by atoms with van der Waals surface area (Å²) in [7, 11) is 1.76. The number of carbonyl (C=O) groups excluding carboxylic acids is 1. The van der Waals surface area contributed by atoms with Crippen LogP contribution in [0, 0.1) is 5.92 Å². The largest absolute Gasteiger partial charge is 0.444 e. The summed E-state index contributed by atoms with van der Waals surface area (Å²) in [6, 6.07) is 0.206. The molecule has 0 aromatic heterocycles. The molecule has 2 unspecified atom stereocenters. The van der Waals surface area contributed by atoms with Gasteiger partial charge in [0, 0.05) is 13.7 Å². The molecule has 0 spiro atoms. The van der Waals surface area contributed by atoms with Gasteiger partial charge >= 0.3 is 6.09 Å². The zero-order valence-corrected chi connectivity index (χ0v) is 11.9. The fourth-order valence-electron chi connectivity index (χ4n) is 2.77. The first-order valence-electron chi connectivity index (χ1n) is 6.95. The summed E-state index contributed by atoms with van der Waals surface area (Å²) in [6.45, 7) is 6.52. The third kappa shape index (κ3) is 3.16. The molecule has 1 saturated carbocycles. The van der Waals surface area contributed by atoms with Gasteiger partial charge in [0.05, 0.1) is 12.1 Å². The molecule has 2 fully saturated rings. The van der Waals surface area contributed by atoms with Crippen molar-refractivity contribution in [3.8, 4) is 0 Å². The van der Waals surface area contributed by atoms with E-state index in [-0.39, 0.29) is 18.2 Å². The molecule has 0 aromatic carbocycles. The molecule has 0 radical (unpaired) electrons. The molecule has 0 bridgehead atoms. The predicted octanol–water partition coefficient (Wildman–Crippen LogP) is 2.81. The van der Waals surface area contributed by atoms with Crippen LogP contribution in [0.25, 0.3) is 0 Å². The van der Waals surface area contributed by atoms with Gasteiger partial charge in [-0.15, -0.1) is 0 Å². The Morgan fingerprint density at radius 2 is 1.94 bits per heavy atom. The molecule has 2 aliphatic rings. The molecule has 1 heterocycles. The molecule has 18 heavy (non-hydrogen) atoms. The zero-order chi connectivity index (χ0) is 13.3. The van der Waals surface area contributed by atoms with Gasteiger partial charge in [0.2, 0.25) is 0 Å². The van der Waals surface area contributed by atoms with Crippen LogP contribution >= 0.6 is 0 Å². The summed E-state index contributed by atoms with van der Waals surface area (Å²) >= 11 is 0. The summed E-state index contributed by atoms with van der Waals surface area (Å²) < 4.78 is 11.1. The molecule has 1 amide bonds. The van der Waals surface area contributed by atoms with Crippen LogP contribution in [0.2, 0.25) is 0 Å². The summed E-state index contributed by atoms with van der Waals surface area (Å²) in [5.74, 6) is 0.642. The van der Waals surface area contributed by atoms with Gasteiger partial charge in [0.25, 0.3) is 0 Å². The molecule has 2 atom stereocenters. The first-order valence-corrected chi connectivity index (χ1v) is 6.95. The number of hydrogen-bond donors (Lipinski definition) is 0. The first-order chi connectivity index (χ1) is 8.42. The van der Waals surface area contributed by atoms with E-state index in [0.29, 0.717) is 5.92 Å². The van der Waals surface area contributed by atoms with Crippen LogP contribution in [0.15, 0.2) is 0 Å². The van der Waals surface area contributed by atoms with Crippen molar-refractivity contribution in [2.75, 3.05) is 13.7 Å². The molecule has 104 valence electrons. The molecule has 4 heteroatoms. The van der Waals surface area contributed by atoms with Gasteiger partial charge in [0.1, 0.15) is 5.60 Å². The second-order valence-corrected chi connectivity index (χ2v) is 6.42. The van der Waals surface area contributed by atoms with Gasteiger partial charge in [0.15, 0.2) is 0 Å². The lowest BCUT2D eigenvalue weighted by Crippen LogP contribution is -2.46. The SMILES string of the molecule is COC(C1CC1)C1CCCN1C(=O)OC(C)(C)C. The van der Waals surface area contributed by atoms with Crippen LogP contribution in [0.1, 0.15) is 46.5 Å². The van der Waals surface area contributed by atoms with Crippen molar-refractivity contribution in [2.45, 2.75) is 64.2 Å². The Morgan fingerprint density at radius 3 is 2.44 bits per heavy atom. The fraction of sp³-hybridized carbons (Fsp3) is 0.929. The van der Waals surface area contributed by atoms with Gasteiger partial charge in [-0.1, -0.05) is 0 Å². The number of likely N-dealkylation sites (tertiary alicyclic amines) is 1. The lowest BCUT2D eigenvalue weighted by Gasteiger charge is -2.32. The van der Waals surface area contributed by atoms with Crippen LogP contribution < -0.4 is 0 Å². The molecule has 0 aromatic rings. The number of carbonyl (C=O) groups is 1. The van der Waals surface area contributed by atoms with Gasteiger partial charge in [-0.2, -0.15) is 0 Å². The summed E-state index contributed by atoms with van der Waals surface area (Å²) in [6.07, 6.45) is 4.56. The van der Waals surface area contributed by atoms with E-state index >= 15 is 0 Å². The van der Waals surface area contributed by atoms with Crippen molar-refractivity contribution in [2.24, 2.45) is 5.92 Å². The average molecular weight is 255 g/mol. The Balaban J connectivity index is 2.00. The summed E-state index contributed by atoms with van der Waals surface area (Å²) in [4.78, 5) is 14.1. The van der Waals surface area contributed by atoms with Crippen molar-refractivity contribution in [1.82, 2.24) is 4.90 Å². The van der Waals surface area contributed by atoms with Crippen LogP contribution in [-0.2, 0) is 9.47 Å². The van der Waals surface area contributed by atoms with Gasteiger partial charge in [-0.3, -0.25) is 0 Å². The highest BCUT2D eigenvalue weighted by molar-refractivity contribution is 5.69. The third-order valence-corrected chi connectivity index (χ3v) is 3.67. The van der Waals surface area contributed by atoms with Crippen molar-refractivity contribution < 1.29 is 14.3 Å². The van der Waals surface area contributed by atoms with Crippen LogP contribution in [0.3, 0.4) is 0 Å². The highest BCUT2D eigenvalue weighted by Gasteiger charge is 2.43. The third-order valence-electron chi connectivity index (χ3n) is 3.67. The number of hydrogen-bond acceptors (Lipinski definition) is 3. The average Bonchev–Trinajstić information content (AvgIpc) is 2.94. The van der Waals surface area contributed by atoms with E-state index in [4.69, 9.17) is 9.47 Å². The van der Waals surface area contributed by atoms with Crippen molar-refractivity contribution in [1.29, 1.82) is 0 Å². The maximum Gasteiger partial charge on any atom is 0.410 e. The van der Waals surface area contributed by atoms with Crippen LogP contribution in [0.5, 0.6) is 0 Å². The first kappa shape index (κ1) is 13.7. The fourth-order valence-corrected chi connectivity index (χ4v) is 2.77. The van der Waals surface area contributed by atoms with E-state index in [1.807, 2.05) is 25.7 Å². The lowest BCUT2D eigenvalue weighted by molar-refractivity contribution is -0.0115. The monoisotopic (exact) mass is 255 g/mol. The van der Waals surface area contributed by atoms with Crippen molar-refractivity contribution >= 4 is 6.09 Å². The second-order valence-electron chi connectivity index (χ2n) is 6.42. The maximum atomic E-state index is 12.2. The molecular formula is C14H25NO3. The number of ether oxygens (including phenoxy) is 2. The standard InChI is InChI=1S/C14H25NO3/c1-14(2,3)18-13(16)15-9-5-6-11(15)12(17-4)10-7-8-10/h10-12H,5-9H2,1-4H3. The van der Waals surface area contributed by atoms with E-state index in [2.05, 4.69) is 0 Å². The molecule has 0 N–H and O–H groups in total. The summed E-state index contributed by atoms with van der Waals surface area (Å²) in [5, 5.41) is 0. The topological polar surface area (TPSA) is 38.8 Å². The predicted molar refractivity (Wildman–Crippen MR) is 69.5 cm³/mol. The quantitative estimate of drug-likeness (QED) is 0.778. The Bertz CT molecular complexity index is 307. The Labute approximate surface area is 110 Å². The number of amides is 1. The van der Waals surface area contributed by atoms with Crippen LogP contribution in [-0.4, -0.2) is 42.4 Å². The molecule has 4 nitrogen and oxygen atoms in total. The maximum absolute atomic E-state index is 12.2. The highest BCUT2D eigenvalue weighted by atomic mass is 16.6. The van der Waals surface area contributed by atoms with E-state index in [9.17, 15) is 4.79 Å². The molecule has 1 saturated heterocycles. The van der Waals surface area contributed by atoms with Gasteiger partial charge in [-0.25, -0.2) is 4.79 Å². The van der Waals surface area contributed by atoms with E-state index < -0.39 is 5.60 Å². The Morgan fingerprint density at radius 1 is 1.28 bits per heavy atom. The lowest BCUT2D eigenvalue weighted by atomic mass is 10.0. The smallest absolute Gasteiger partial charge is 0.410 e. The van der Waals surface area contributed by atoms with Crippen LogP contribution in [0.4, 0.5) is 4.79 Å². The van der Waals surface area contributed by atoms with Gasteiger partial charge < -0.3 is 14.4 Å². The van der Waals surface area contributed by atoms with Crippen molar-refractivity contribution in [3.63, 3.8) is 0 Å². The van der Waals surface area contributed by atoms with E-state index in [1.54, 1.807) is 7.11 Å². The molecular weight excluding hydrogens is 230 g/mol. The number of nitrogens with zero attached hydrogens (tertiary/aromatic N) is 1. The minimum Gasteiger partial charge on any atom is -0.444 e. The van der Waals surface area contributed by atoms with E-state index in [1.165, 1.54) is 12.8 Å². The zero-order valence-electron chi connectivity index (χ0n) is 11.9. The Kier molecular flexibility index (Phi) is 3.85. The summed E-state index contributed by atoms with van der Waals surface area (Å²) in [5.41, 5.74) is -0.424. The number of rotatable bonds is 3. The molecule has 1 aliphatic carbocycles. The Hall–Kier alpha value is -0.770. The molecule has 2 rings (SSSR count).